The maximum atomic E-state index is 13.2. The topological polar surface area (TPSA) is 46.3 Å². The first kappa shape index (κ1) is 16.6. The molecule has 4 rings (SSSR count). The lowest BCUT2D eigenvalue weighted by Crippen LogP contribution is -2.32. The summed E-state index contributed by atoms with van der Waals surface area (Å²) in [7, 11) is 0. The van der Waals surface area contributed by atoms with Crippen LogP contribution in [0.15, 0.2) is 71.5 Å². The summed E-state index contributed by atoms with van der Waals surface area (Å²) < 4.78 is 5.49. The van der Waals surface area contributed by atoms with Crippen molar-refractivity contribution in [2.45, 2.75) is 32.4 Å². The second kappa shape index (κ2) is 7.16. The van der Waals surface area contributed by atoms with E-state index in [1.165, 1.54) is 11.1 Å². The van der Waals surface area contributed by atoms with Crippen LogP contribution in [0.3, 0.4) is 0 Å². The monoisotopic (exact) mass is 346 g/mol. The van der Waals surface area contributed by atoms with Crippen LogP contribution in [0, 0.1) is 12.8 Å². The zero-order chi connectivity index (χ0) is 17.9. The van der Waals surface area contributed by atoms with E-state index in [0.717, 1.165) is 17.9 Å². The van der Waals surface area contributed by atoms with Crippen LogP contribution in [0.1, 0.15) is 34.9 Å². The standard InChI is InChI=1S/C22H22N2O2/c1-16-7-2-3-8-17(16)14-24(15-18-9-4-5-11-23-18)22(25)20-13-19(20)21-10-6-12-26-21/h2-12,19-20H,13-15H2,1H3/t19-,20+/m0/s1. The third kappa shape index (κ3) is 3.54. The maximum Gasteiger partial charge on any atom is 0.227 e. The number of hydrogen-bond acceptors (Lipinski definition) is 3. The molecule has 0 saturated heterocycles. The van der Waals surface area contributed by atoms with Crippen molar-refractivity contribution in [3.63, 3.8) is 0 Å². The first-order chi connectivity index (χ1) is 12.7. The summed E-state index contributed by atoms with van der Waals surface area (Å²) in [4.78, 5) is 19.5. The van der Waals surface area contributed by atoms with Crippen LogP contribution in [0.2, 0.25) is 0 Å². The Kier molecular flexibility index (Phi) is 4.57. The van der Waals surface area contributed by atoms with Gasteiger partial charge in [0.15, 0.2) is 0 Å². The van der Waals surface area contributed by atoms with E-state index in [4.69, 9.17) is 4.42 Å². The Hall–Kier alpha value is -2.88. The number of furan rings is 1. The number of carbonyl (C=O) groups excluding carboxylic acids is 1. The molecule has 1 aliphatic carbocycles. The van der Waals surface area contributed by atoms with E-state index in [0.29, 0.717) is 13.1 Å². The van der Waals surface area contributed by atoms with E-state index in [1.807, 2.05) is 47.4 Å². The number of amides is 1. The summed E-state index contributed by atoms with van der Waals surface area (Å²) in [6.45, 7) is 3.21. The molecule has 1 aliphatic rings. The highest BCUT2D eigenvalue weighted by atomic mass is 16.3. The maximum absolute atomic E-state index is 13.2. The summed E-state index contributed by atoms with van der Waals surface area (Å²) in [5, 5.41) is 0. The highest BCUT2D eigenvalue weighted by molar-refractivity contribution is 5.82. The van der Waals surface area contributed by atoms with Gasteiger partial charge in [0.05, 0.1) is 18.5 Å². The molecule has 3 aromatic rings. The smallest absolute Gasteiger partial charge is 0.227 e. The first-order valence-corrected chi connectivity index (χ1v) is 8.99. The van der Waals surface area contributed by atoms with Crippen molar-refractivity contribution in [1.29, 1.82) is 0 Å². The largest absolute Gasteiger partial charge is 0.469 e. The predicted molar refractivity (Wildman–Crippen MR) is 99.2 cm³/mol. The molecule has 1 fully saturated rings. The van der Waals surface area contributed by atoms with Crippen molar-refractivity contribution in [1.82, 2.24) is 9.88 Å². The summed E-state index contributed by atoms with van der Waals surface area (Å²) >= 11 is 0. The molecule has 0 spiro atoms. The molecule has 0 radical (unpaired) electrons. The van der Waals surface area contributed by atoms with E-state index >= 15 is 0 Å². The molecule has 2 heterocycles. The fourth-order valence-electron chi connectivity index (χ4n) is 3.41. The minimum atomic E-state index is 0.00822. The van der Waals surface area contributed by atoms with Crippen LogP contribution in [0.5, 0.6) is 0 Å². The summed E-state index contributed by atoms with van der Waals surface area (Å²) in [5.41, 5.74) is 3.28. The number of carbonyl (C=O) groups is 1. The molecule has 1 amide bonds. The predicted octanol–water partition coefficient (Wildman–Crippen LogP) is 4.32. The van der Waals surface area contributed by atoms with E-state index < -0.39 is 0 Å². The molecule has 0 aliphatic heterocycles. The second-order valence-corrected chi connectivity index (χ2v) is 6.91. The minimum absolute atomic E-state index is 0.00822. The molecule has 2 aromatic heterocycles. The Morgan fingerprint density at radius 1 is 1.12 bits per heavy atom. The van der Waals surface area contributed by atoms with Gasteiger partial charge in [-0.05, 0) is 48.7 Å². The molecule has 4 heteroatoms. The van der Waals surface area contributed by atoms with Crippen molar-refractivity contribution >= 4 is 5.91 Å². The van der Waals surface area contributed by atoms with E-state index in [1.54, 1.807) is 12.5 Å². The van der Waals surface area contributed by atoms with Gasteiger partial charge in [-0.15, -0.1) is 0 Å². The van der Waals surface area contributed by atoms with Crippen molar-refractivity contribution in [3.8, 4) is 0 Å². The van der Waals surface area contributed by atoms with Crippen LogP contribution in [0.25, 0.3) is 0 Å². The van der Waals surface area contributed by atoms with E-state index in [2.05, 4.69) is 24.0 Å². The van der Waals surface area contributed by atoms with Gasteiger partial charge in [-0.3, -0.25) is 9.78 Å². The van der Waals surface area contributed by atoms with Crippen LogP contribution >= 0.6 is 0 Å². The van der Waals surface area contributed by atoms with Crippen LogP contribution in [-0.4, -0.2) is 15.8 Å². The normalized spacial score (nSPS) is 18.5. The van der Waals surface area contributed by atoms with Crippen molar-refractivity contribution < 1.29 is 9.21 Å². The van der Waals surface area contributed by atoms with Gasteiger partial charge in [0.25, 0.3) is 0 Å². The fraction of sp³-hybridized carbons (Fsp3) is 0.273. The molecule has 0 N–H and O–H groups in total. The van der Waals surface area contributed by atoms with Crippen LogP contribution in [-0.2, 0) is 17.9 Å². The molecular formula is C22H22N2O2. The number of hydrogen-bond donors (Lipinski definition) is 0. The van der Waals surface area contributed by atoms with Gasteiger partial charge in [0.2, 0.25) is 5.91 Å². The van der Waals surface area contributed by atoms with Gasteiger partial charge >= 0.3 is 0 Å². The molecule has 26 heavy (non-hydrogen) atoms. The number of nitrogens with zero attached hydrogens (tertiary/aromatic N) is 2. The zero-order valence-electron chi connectivity index (χ0n) is 14.8. The molecule has 0 bridgehead atoms. The quantitative estimate of drug-likeness (QED) is 0.668. The van der Waals surface area contributed by atoms with Gasteiger partial charge in [0.1, 0.15) is 5.76 Å². The molecule has 2 atom stereocenters. The Morgan fingerprint density at radius 3 is 2.69 bits per heavy atom. The number of aryl methyl sites for hydroxylation is 1. The van der Waals surface area contributed by atoms with Gasteiger partial charge in [0, 0.05) is 24.6 Å². The van der Waals surface area contributed by atoms with Crippen LogP contribution < -0.4 is 0 Å². The number of benzene rings is 1. The molecule has 0 unspecified atom stereocenters. The minimum Gasteiger partial charge on any atom is -0.469 e. The SMILES string of the molecule is Cc1ccccc1CN(Cc1ccccn1)C(=O)[C@@H]1C[C@@H]1c1ccco1. The third-order valence-electron chi connectivity index (χ3n) is 5.03. The van der Waals surface area contributed by atoms with Gasteiger partial charge < -0.3 is 9.32 Å². The summed E-state index contributed by atoms with van der Waals surface area (Å²) in [5.74, 6) is 1.31. The third-order valence-corrected chi connectivity index (χ3v) is 5.03. The van der Waals surface area contributed by atoms with Crippen molar-refractivity contribution in [2.24, 2.45) is 5.92 Å². The highest BCUT2D eigenvalue weighted by Crippen LogP contribution is 2.48. The number of rotatable bonds is 6. The Bertz CT molecular complexity index is 874. The van der Waals surface area contributed by atoms with Gasteiger partial charge in [-0.2, -0.15) is 0 Å². The molecular weight excluding hydrogens is 324 g/mol. The van der Waals surface area contributed by atoms with Crippen molar-refractivity contribution in [2.75, 3.05) is 0 Å². The number of aromatic nitrogens is 1. The molecule has 4 nitrogen and oxygen atoms in total. The highest BCUT2D eigenvalue weighted by Gasteiger charge is 2.47. The zero-order valence-corrected chi connectivity index (χ0v) is 14.8. The second-order valence-electron chi connectivity index (χ2n) is 6.91. The van der Waals surface area contributed by atoms with E-state index in [9.17, 15) is 4.79 Å². The molecule has 1 saturated carbocycles. The van der Waals surface area contributed by atoms with E-state index in [-0.39, 0.29) is 17.7 Å². The lowest BCUT2D eigenvalue weighted by molar-refractivity contribution is -0.134. The lowest BCUT2D eigenvalue weighted by Gasteiger charge is -2.23. The fourth-order valence-corrected chi connectivity index (χ4v) is 3.41. The molecule has 1 aromatic carbocycles. The summed E-state index contributed by atoms with van der Waals surface area (Å²) in [6.07, 6.45) is 4.31. The summed E-state index contributed by atoms with van der Waals surface area (Å²) in [6, 6.07) is 17.9. The first-order valence-electron chi connectivity index (χ1n) is 8.99. The van der Waals surface area contributed by atoms with Crippen molar-refractivity contribution in [3.05, 3.63) is 89.6 Å². The van der Waals surface area contributed by atoms with Gasteiger partial charge in [-0.1, -0.05) is 30.3 Å². The average molecular weight is 346 g/mol. The van der Waals surface area contributed by atoms with Crippen LogP contribution in [0.4, 0.5) is 0 Å². The lowest BCUT2D eigenvalue weighted by atomic mass is 10.1. The van der Waals surface area contributed by atoms with Gasteiger partial charge in [-0.25, -0.2) is 0 Å². The molecule has 132 valence electrons. The Balaban J connectivity index is 1.54. The Morgan fingerprint density at radius 2 is 1.96 bits per heavy atom. The number of pyridine rings is 1. The average Bonchev–Trinajstić information content (AvgIpc) is 3.27. The Labute approximate surface area is 153 Å².